The zero-order valence-corrected chi connectivity index (χ0v) is 13.1. The fourth-order valence-electron chi connectivity index (χ4n) is 2.51. The predicted octanol–water partition coefficient (Wildman–Crippen LogP) is 2.76. The first kappa shape index (κ1) is 15.0. The van der Waals surface area contributed by atoms with Gasteiger partial charge in [0.2, 0.25) is 0 Å². The molecule has 110 valence electrons. The molecule has 2 rings (SSSR count). The highest BCUT2D eigenvalue weighted by molar-refractivity contribution is 7.17. The maximum atomic E-state index is 11.7. The van der Waals surface area contributed by atoms with Crippen molar-refractivity contribution in [2.45, 2.75) is 39.7 Å². The quantitative estimate of drug-likeness (QED) is 0.634. The van der Waals surface area contributed by atoms with Crippen molar-refractivity contribution >= 4 is 28.2 Å². The fourth-order valence-corrected chi connectivity index (χ4v) is 3.57. The number of anilines is 1. The number of aromatic nitrogens is 1. The summed E-state index contributed by atoms with van der Waals surface area (Å²) in [4.78, 5) is 30.3. The second kappa shape index (κ2) is 5.91. The Labute approximate surface area is 122 Å². The molecule has 1 aromatic rings. The van der Waals surface area contributed by atoms with Gasteiger partial charge < -0.3 is 9.64 Å². The van der Waals surface area contributed by atoms with E-state index in [1.54, 1.807) is 0 Å². The highest BCUT2D eigenvalue weighted by Crippen LogP contribution is 2.33. The molecule has 0 aliphatic carbocycles. The van der Waals surface area contributed by atoms with E-state index in [-0.39, 0.29) is 11.5 Å². The molecule has 0 aromatic carbocycles. The lowest BCUT2D eigenvalue weighted by atomic mass is 9.93. The Morgan fingerprint density at radius 2 is 2.10 bits per heavy atom. The second-order valence-electron chi connectivity index (χ2n) is 5.28. The van der Waals surface area contributed by atoms with Gasteiger partial charge in [-0.15, -0.1) is 0 Å². The average molecular weight is 296 g/mol. The Kier molecular flexibility index (Phi) is 4.42. The summed E-state index contributed by atoms with van der Waals surface area (Å²) in [5.74, 6) is -0.114. The Hall–Kier alpha value is -1.43. The van der Waals surface area contributed by atoms with Gasteiger partial charge in [0.05, 0.1) is 7.11 Å². The molecule has 0 radical (unpaired) electrons. The molecule has 0 bridgehead atoms. The first-order valence-electron chi connectivity index (χ1n) is 6.82. The standard InChI is InChI=1S/C14H20N2O3S/c1-8-6-5-7-16(9(8)2)14-15-11(13(18)19-4)12(20-14)10(3)17/h8-9H,5-7H2,1-4H3. The lowest BCUT2D eigenvalue weighted by Crippen LogP contribution is -2.42. The van der Waals surface area contributed by atoms with Crippen LogP contribution in [0, 0.1) is 5.92 Å². The number of esters is 1. The van der Waals surface area contributed by atoms with Gasteiger partial charge in [0.15, 0.2) is 16.6 Å². The van der Waals surface area contributed by atoms with Gasteiger partial charge in [0.1, 0.15) is 4.88 Å². The number of nitrogens with zero attached hydrogens (tertiary/aromatic N) is 2. The molecule has 2 unspecified atom stereocenters. The van der Waals surface area contributed by atoms with E-state index in [9.17, 15) is 9.59 Å². The van der Waals surface area contributed by atoms with E-state index in [0.717, 1.165) is 18.1 Å². The molecular formula is C14H20N2O3S. The van der Waals surface area contributed by atoms with Crippen molar-refractivity contribution in [3.63, 3.8) is 0 Å². The van der Waals surface area contributed by atoms with E-state index in [1.165, 1.54) is 31.8 Å². The molecule has 1 fully saturated rings. The van der Waals surface area contributed by atoms with Crippen molar-refractivity contribution in [3.8, 4) is 0 Å². The smallest absolute Gasteiger partial charge is 0.358 e. The summed E-state index contributed by atoms with van der Waals surface area (Å²) < 4.78 is 4.71. The monoisotopic (exact) mass is 296 g/mol. The van der Waals surface area contributed by atoms with E-state index < -0.39 is 5.97 Å². The maximum absolute atomic E-state index is 11.7. The summed E-state index contributed by atoms with van der Waals surface area (Å²) in [6, 6.07) is 0.361. The van der Waals surface area contributed by atoms with E-state index >= 15 is 0 Å². The van der Waals surface area contributed by atoms with Crippen molar-refractivity contribution in [3.05, 3.63) is 10.6 Å². The third kappa shape index (κ3) is 2.70. The number of carbonyl (C=O) groups is 2. The van der Waals surface area contributed by atoms with Crippen molar-refractivity contribution in [2.24, 2.45) is 5.92 Å². The molecule has 1 saturated heterocycles. The van der Waals surface area contributed by atoms with Crippen LogP contribution in [0.4, 0.5) is 5.13 Å². The third-order valence-electron chi connectivity index (χ3n) is 3.93. The maximum Gasteiger partial charge on any atom is 0.358 e. The van der Waals surface area contributed by atoms with Crippen LogP contribution in [0.1, 0.15) is 53.8 Å². The van der Waals surface area contributed by atoms with Crippen LogP contribution in [-0.4, -0.2) is 36.4 Å². The zero-order valence-electron chi connectivity index (χ0n) is 12.3. The zero-order chi connectivity index (χ0) is 14.9. The van der Waals surface area contributed by atoms with E-state index in [0.29, 0.717) is 16.8 Å². The van der Waals surface area contributed by atoms with Gasteiger partial charge >= 0.3 is 5.97 Å². The summed E-state index contributed by atoms with van der Waals surface area (Å²) in [5, 5.41) is 0.745. The molecule has 0 N–H and O–H groups in total. The summed E-state index contributed by atoms with van der Waals surface area (Å²) in [7, 11) is 1.30. The molecule has 2 atom stereocenters. The van der Waals surface area contributed by atoms with Crippen molar-refractivity contribution in [2.75, 3.05) is 18.6 Å². The van der Waals surface area contributed by atoms with Gasteiger partial charge in [-0.25, -0.2) is 9.78 Å². The SMILES string of the molecule is COC(=O)c1nc(N2CCCC(C)C2C)sc1C(C)=O. The molecule has 20 heavy (non-hydrogen) atoms. The number of Topliss-reactive ketones (excluding diaryl/α,β-unsaturated/α-hetero) is 1. The van der Waals surface area contributed by atoms with Crippen LogP contribution in [0.2, 0.25) is 0 Å². The van der Waals surface area contributed by atoms with Crippen LogP contribution in [-0.2, 0) is 4.74 Å². The Morgan fingerprint density at radius 1 is 1.40 bits per heavy atom. The van der Waals surface area contributed by atoms with Gasteiger partial charge in [-0.3, -0.25) is 4.79 Å². The molecular weight excluding hydrogens is 276 g/mol. The van der Waals surface area contributed by atoms with Crippen LogP contribution in [0.15, 0.2) is 0 Å². The minimum atomic E-state index is -0.546. The van der Waals surface area contributed by atoms with Gasteiger partial charge in [0.25, 0.3) is 0 Å². The Balaban J connectivity index is 2.37. The average Bonchev–Trinajstić information content (AvgIpc) is 2.86. The minimum Gasteiger partial charge on any atom is -0.464 e. The molecule has 1 aliphatic heterocycles. The van der Waals surface area contributed by atoms with E-state index in [2.05, 4.69) is 23.7 Å². The highest BCUT2D eigenvalue weighted by Gasteiger charge is 2.30. The lowest BCUT2D eigenvalue weighted by Gasteiger charge is -2.37. The van der Waals surface area contributed by atoms with Crippen LogP contribution in [0.5, 0.6) is 0 Å². The number of ether oxygens (including phenoxy) is 1. The number of ketones is 1. The molecule has 0 saturated carbocycles. The van der Waals surface area contributed by atoms with Gasteiger partial charge in [-0.05, 0) is 25.7 Å². The topological polar surface area (TPSA) is 59.5 Å². The third-order valence-corrected chi connectivity index (χ3v) is 5.13. The molecule has 1 aliphatic rings. The lowest BCUT2D eigenvalue weighted by molar-refractivity contribution is 0.0591. The van der Waals surface area contributed by atoms with Crippen LogP contribution in [0.25, 0.3) is 0 Å². The first-order valence-corrected chi connectivity index (χ1v) is 7.64. The fraction of sp³-hybridized carbons (Fsp3) is 0.643. The first-order chi connectivity index (χ1) is 9.45. The molecule has 2 heterocycles. The number of hydrogen-bond acceptors (Lipinski definition) is 6. The number of hydrogen-bond donors (Lipinski definition) is 0. The Morgan fingerprint density at radius 3 is 2.70 bits per heavy atom. The van der Waals surface area contributed by atoms with Crippen LogP contribution >= 0.6 is 11.3 Å². The summed E-state index contributed by atoms with van der Waals surface area (Å²) in [5.41, 5.74) is 0.144. The van der Waals surface area contributed by atoms with E-state index in [1.807, 2.05) is 0 Å². The highest BCUT2D eigenvalue weighted by atomic mass is 32.1. The van der Waals surface area contributed by atoms with Gasteiger partial charge in [-0.2, -0.15) is 0 Å². The van der Waals surface area contributed by atoms with Crippen molar-refractivity contribution in [1.82, 2.24) is 4.98 Å². The number of thiazole rings is 1. The van der Waals surface area contributed by atoms with Crippen molar-refractivity contribution < 1.29 is 14.3 Å². The van der Waals surface area contributed by atoms with Crippen LogP contribution < -0.4 is 4.90 Å². The summed E-state index contributed by atoms with van der Waals surface area (Å²) in [6.07, 6.45) is 2.31. The normalized spacial score (nSPS) is 22.7. The molecule has 0 spiro atoms. The number of methoxy groups -OCH3 is 1. The van der Waals surface area contributed by atoms with Gasteiger partial charge in [-0.1, -0.05) is 18.3 Å². The number of carbonyl (C=O) groups excluding carboxylic acids is 2. The minimum absolute atomic E-state index is 0.144. The summed E-state index contributed by atoms with van der Waals surface area (Å²) in [6.45, 7) is 6.75. The van der Waals surface area contributed by atoms with Crippen LogP contribution in [0.3, 0.4) is 0 Å². The van der Waals surface area contributed by atoms with Gasteiger partial charge in [0, 0.05) is 19.5 Å². The molecule has 1 aromatic heterocycles. The molecule has 5 nitrogen and oxygen atoms in total. The second-order valence-corrected chi connectivity index (χ2v) is 6.25. The van der Waals surface area contributed by atoms with E-state index in [4.69, 9.17) is 4.74 Å². The largest absolute Gasteiger partial charge is 0.464 e. The number of rotatable bonds is 3. The molecule has 6 heteroatoms. The number of piperidine rings is 1. The summed E-state index contributed by atoms with van der Waals surface area (Å²) >= 11 is 1.29. The Bertz CT molecular complexity index is 526. The van der Waals surface area contributed by atoms with Crippen molar-refractivity contribution in [1.29, 1.82) is 0 Å². The predicted molar refractivity (Wildman–Crippen MR) is 78.7 cm³/mol. The molecule has 0 amide bonds.